The fourth-order valence-electron chi connectivity index (χ4n) is 2.37. The van der Waals surface area contributed by atoms with Gasteiger partial charge in [0.25, 0.3) is 0 Å². The summed E-state index contributed by atoms with van der Waals surface area (Å²) < 4.78 is 0. The van der Waals surface area contributed by atoms with Gasteiger partial charge in [0.2, 0.25) is 0 Å². The lowest BCUT2D eigenvalue weighted by Gasteiger charge is -2.33. The van der Waals surface area contributed by atoms with Crippen LogP contribution in [0, 0.1) is 5.41 Å². The maximum Gasteiger partial charge on any atom is 0.126 e. The Morgan fingerprint density at radius 1 is 1.33 bits per heavy atom. The first kappa shape index (κ1) is 14.9. The van der Waals surface area contributed by atoms with Crippen LogP contribution in [0.3, 0.4) is 0 Å². The molecule has 0 aliphatic heterocycles. The summed E-state index contributed by atoms with van der Waals surface area (Å²) in [6.45, 7) is 11.0. The number of nitrogens with zero attached hydrogens (tertiary/aromatic N) is 1. The zero-order chi connectivity index (χ0) is 14.0. The Balaban J connectivity index is 2.84. The van der Waals surface area contributed by atoms with Crippen molar-refractivity contribution in [2.45, 2.75) is 46.6 Å². The first-order valence-electron chi connectivity index (χ1n) is 6.13. The molecule has 0 fully saturated rings. The van der Waals surface area contributed by atoms with Crippen LogP contribution >= 0.6 is 12.2 Å². The smallest absolute Gasteiger partial charge is 0.126 e. The fraction of sp³-hybridized carbons (Fsp3) is 0.571. The van der Waals surface area contributed by atoms with Crippen LogP contribution in [0.5, 0.6) is 0 Å². The highest BCUT2D eigenvalue weighted by Gasteiger charge is 2.25. The first-order valence-corrected chi connectivity index (χ1v) is 6.54. The third kappa shape index (κ3) is 5.00. The quantitative estimate of drug-likeness (QED) is 0.820. The summed E-state index contributed by atoms with van der Waals surface area (Å²) in [5.41, 5.74) is 6.70. The summed E-state index contributed by atoms with van der Waals surface area (Å²) in [5.74, 6) is 0.814. The number of hydrogen-bond acceptors (Lipinski definition) is 3. The highest BCUT2D eigenvalue weighted by molar-refractivity contribution is 7.80. The monoisotopic (exact) mass is 265 g/mol. The molecule has 3 nitrogen and oxygen atoms in total. The Kier molecular flexibility index (Phi) is 4.32. The normalized spacial score (nSPS) is 12.3. The molecular weight excluding hydrogens is 242 g/mol. The van der Waals surface area contributed by atoms with E-state index >= 15 is 0 Å². The molecule has 1 aromatic rings. The molecule has 1 heterocycles. The number of aromatic nitrogens is 1. The van der Waals surface area contributed by atoms with Gasteiger partial charge in [-0.15, -0.1) is 0 Å². The second-order valence-corrected chi connectivity index (χ2v) is 6.98. The summed E-state index contributed by atoms with van der Waals surface area (Å²) in [6.07, 6.45) is 2.77. The maximum atomic E-state index is 5.62. The summed E-state index contributed by atoms with van der Waals surface area (Å²) in [4.78, 5) is 4.71. The van der Waals surface area contributed by atoms with Crippen molar-refractivity contribution < 1.29 is 0 Å². The Hall–Kier alpha value is -1.16. The number of nitrogens with two attached hydrogens (primary N) is 1. The molecule has 1 aromatic heterocycles. The Morgan fingerprint density at radius 2 is 1.94 bits per heavy atom. The molecule has 0 aliphatic carbocycles. The van der Waals surface area contributed by atoms with Crippen molar-refractivity contribution in [1.82, 2.24) is 4.98 Å². The molecule has 0 aliphatic rings. The van der Waals surface area contributed by atoms with Crippen molar-refractivity contribution in [3.63, 3.8) is 0 Å². The van der Waals surface area contributed by atoms with E-state index in [0.717, 1.165) is 17.8 Å². The zero-order valence-electron chi connectivity index (χ0n) is 11.9. The van der Waals surface area contributed by atoms with Crippen molar-refractivity contribution in [2.24, 2.45) is 11.1 Å². The molecule has 4 heteroatoms. The van der Waals surface area contributed by atoms with Gasteiger partial charge < -0.3 is 11.1 Å². The van der Waals surface area contributed by atoms with Gasteiger partial charge in [-0.1, -0.05) is 33.0 Å². The molecule has 0 radical (unpaired) electrons. The van der Waals surface area contributed by atoms with E-state index in [2.05, 4.69) is 44.9 Å². The highest BCUT2D eigenvalue weighted by Crippen LogP contribution is 2.29. The van der Waals surface area contributed by atoms with E-state index in [0.29, 0.717) is 4.99 Å². The minimum atomic E-state index is -0.0277. The lowest BCUT2D eigenvalue weighted by atomic mass is 9.82. The molecule has 100 valence electrons. The molecule has 0 saturated heterocycles. The highest BCUT2D eigenvalue weighted by atomic mass is 32.1. The lowest BCUT2D eigenvalue weighted by molar-refractivity contribution is 0.302. The summed E-state index contributed by atoms with van der Waals surface area (Å²) in [6, 6.07) is 3.72. The minimum absolute atomic E-state index is 0.0277. The average molecular weight is 265 g/mol. The third-order valence-corrected chi connectivity index (χ3v) is 2.72. The van der Waals surface area contributed by atoms with Crippen LogP contribution in [-0.2, 0) is 0 Å². The molecule has 0 saturated carbocycles. The number of pyridine rings is 1. The molecule has 3 N–H and O–H groups in total. The Bertz CT molecular complexity index is 433. The first-order chi connectivity index (χ1) is 8.09. The van der Waals surface area contributed by atoms with Gasteiger partial charge in [0.1, 0.15) is 10.8 Å². The van der Waals surface area contributed by atoms with Crippen LogP contribution < -0.4 is 11.1 Å². The van der Waals surface area contributed by atoms with Gasteiger partial charge in [-0.2, -0.15) is 0 Å². The van der Waals surface area contributed by atoms with Crippen molar-refractivity contribution in [1.29, 1.82) is 0 Å². The van der Waals surface area contributed by atoms with Gasteiger partial charge in [-0.05, 0) is 37.8 Å². The number of rotatable bonds is 4. The topological polar surface area (TPSA) is 50.9 Å². The van der Waals surface area contributed by atoms with E-state index in [1.807, 2.05) is 12.1 Å². The van der Waals surface area contributed by atoms with Crippen LogP contribution in [0.1, 0.15) is 46.6 Å². The summed E-state index contributed by atoms with van der Waals surface area (Å²) in [7, 11) is 0. The fourth-order valence-corrected chi connectivity index (χ4v) is 2.50. The van der Waals surface area contributed by atoms with E-state index in [1.165, 1.54) is 0 Å². The van der Waals surface area contributed by atoms with E-state index in [4.69, 9.17) is 18.0 Å². The van der Waals surface area contributed by atoms with Gasteiger partial charge in [0, 0.05) is 17.3 Å². The van der Waals surface area contributed by atoms with Crippen molar-refractivity contribution in [3.05, 3.63) is 23.9 Å². The molecule has 0 bridgehead atoms. The van der Waals surface area contributed by atoms with Crippen LogP contribution in [0.15, 0.2) is 18.3 Å². The second-order valence-electron chi connectivity index (χ2n) is 6.54. The predicted molar refractivity (Wildman–Crippen MR) is 81.9 cm³/mol. The van der Waals surface area contributed by atoms with Crippen LogP contribution in [0.4, 0.5) is 5.82 Å². The standard InChI is InChI=1S/C14H23N3S/c1-13(2,3)9-14(4,5)17-11-8-10(12(15)18)6-7-16-11/h6-8H,9H2,1-5H3,(H2,15,18)(H,16,17). The molecular formula is C14H23N3S. The van der Waals surface area contributed by atoms with Gasteiger partial charge in [0.05, 0.1) is 0 Å². The van der Waals surface area contributed by atoms with Gasteiger partial charge in [0.15, 0.2) is 0 Å². The maximum absolute atomic E-state index is 5.62. The van der Waals surface area contributed by atoms with Crippen LogP contribution in [0.25, 0.3) is 0 Å². The predicted octanol–water partition coefficient (Wildman–Crippen LogP) is 3.34. The molecule has 0 amide bonds. The number of thiocarbonyl (C=S) groups is 1. The SMILES string of the molecule is CC(C)(C)CC(C)(C)Nc1cc(C(N)=S)ccn1. The third-order valence-electron chi connectivity index (χ3n) is 2.48. The molecule has 0 spiro atoms. The van der Waals surface area contributed by atoms with Gasteiger partial charge in [-0.3, -0.25) is 0 Å². The summed E-state index contributed by atoms with van der Waals surface area (Å²) >= 11 is 4.97. The van der Waals surface area contributed by atoms with Crippen molar-refractivity contribution in [2.75, 3.05) is 5.32 Å². The molecule has 18 heavy (non-hydrogen) atoms. The molecule has 0 unspecified atom stereocenters. The number of hydrogen-bond donors (Lipinski definition) is 2. The van der Waals surface area contributed by atoms with Gasteiger partial charge in [-0.25, -0.2) is 4.98 Å². The van der Waals surface area contributed by atoms with E-state index in [1.54, 1.807) is 6.20 Å². The molecule has 0 atom stereocenters. The van der Waals surface area contributed by atoms with E-state index in [9.17, 15) is 0 Å². The lowest BCUT2D eigenvalue weighted by Crippen LogP contribution is -2.35. The van der Waals surface area contributed by atoms with Gasteiger partial charge >= 0.3 is 0 Å². The summed E-state index contributed by atoms with van der Waals surface area (Å²) in [5, 5.41) is 3.44. The Labute approximate surface area is 115 Å². The minimum Gasteiger partial charge on any atom is -0.389 e. The van der Waals surface area contributed by atoms with Crippen molar-refractivity contribution >= 4 is 23.0 Å². The zero-order valence-corrected chi connectivity index (χ0v) is 12.7. The molecule has 0 aromatic carbocycles. The molecule has 1 rings (SSSR count). The van der Waals surface area contributed by atoms with E-state index in [-0.39, 0.29) is 11.0 Å². The Morgan fingerprint density at radius 3 is 2.44 bits per heavy atom. The van der Waals surface area contributed by atoms with Crippen LogP contribution in [0.2, 0.25) is 0 Å². The second kappa shape index (κ2) is 5.22. The van der Waals surface area contributed by atoms with Crippen molar-refractivity contribution in [3.8, 4) is 0 Å². The average Bonchev–Trinajstić information content (AvgIpc) is 2.12. The number of nitrogens with one attached hydrogen (secondary N) is 1. The number of anilines is 1. The van der Waals surface area contributed by atoms with Crippen LogP contribution in [-0.4, -0.2) is 15.5 Å². The largest absolute Gasteiger partial charge is 0.389 e. The van der Waals surface area contributed by atoms with E-state index < -0.39 is 0 Å².